The van der Waals surface area contributed by atoms with Crippen LogP contribution in [0, 0.1) is 21.6 Å². The molecule has 5 rings (SSSR count). The number of nitrogens with two attached hydrogens (primary N) is 6. The van der Waals surface area contributed by atoms with Crippen LogP contribution in [-0.2, 0) is 28.8 Å². The summed E-state index contributed by atoms with van der Waals surface area (Å²) in [6.07, 6.45) is 9.51. The molecule has 4 aromatic carbocycles. The number of aliphatic carboxylic acids is 1. The zero-order chi connectivity index (χ0) is 78.7. The summed E-state index contributed by atoms with van der Waals surface area (Å²) in [6.45, 7) is 4.08. The van der Waals surface area contributed by atoms with Crippen molar-refractivity contribution >= 4 is 106 Å². The van der Waals surface area contributed by atoms with E-state index < -0.39 is 107 Å². The van der Waals surface area contributed by atoms with Crippen molar-refractivity contribution in [1.29, 1.82) is 21.6 Å². The highest BCUT2D eigenvalue weighted by Gasteiger charge is 2.31. The van der Waals surface area contributed by atoms with Crippen LogP contribution in [0.5, 0.6) is 23.0 Å². The van der Waals surface area contributed by atoms with Gasteiger partial charge >= 0.3 is 5.97 Å². The Hall–Kier alpha value is -13.4. The van der Waals surface area contributed by atoms with Crippen LogP contribution in [0.3, 0.4) is 0 Å². The van der Waals surface area contributed by atoms with E-state index in [9.17, 15) is 53.1 Å². The number of carbonyl (C=O) groups is 10. The molecule has 0 fully saturated rings. The van der Waals surface area contributed by atoms with E-state index in [1.807, 2.05) is 12.2 Å². The molecule has 0 spiro atoms. The van der Waals surface area contributed by atoms with Crippen molar-refractivity contribution in [2.24, 2.45) is 34.4 Å². The number of anilines is 4. The summed E-state index contributed by atoms with van der Waals surface area (Å²) in [4.78, 5) is 138. The average Bonchev–Trinajstić information content (AvgIpc) is 0.931. The number of nitrogens with one attached hydrogen (secondary N) is 17. The highest BCUT2D eigenvalue weighted by molar-refractivity contribution is 6.08. The molecule has 0 unspecified atom stereocenters. The fourth-order valence-electron chi connectivity index (χ4n) is 10.3. The van der Waals surface area contributed by atoms with Gasteiger partial charge in [0.05, 0.1) is 49.6 Å². The van der Waals surface area contributed by atoms with Gasteiger partial charge in [-0.25, -0.2) is 4.79 Å². The number of amides is 9. The van der Waals surface area contributed by atoms with Gasteiger partial charge in [-0.3, -0.25) is 64.8 Å². The normalized spacial score (nSPS) is 13.9. The maximum absolute atomic E-state index is 14.6. The van der Waals surface area contributed by atoms with Gasteiger partial charge in [0.1, 0.15) is 47.2 Å². The molecule has 4 aromatic rings. The lowest BCUT2D eigenvalue weighted by Crippen LogP contribution is -2.45. The standard InChI is InChI=1S/C69H93N23O15/c1-37-12-6-5-7-25-80-35-38(37)30-51(57(71)95)92-60(98)45-33-41(19-23-54(45)106-4)87-63(101)48(14-9-27-82-67(74)75)90-59(97)44-32-40(18-22-53(44)105-3)86-65(103)50(16-11-29-84-69(78)79)91-61(99)46-34-42(20-24-55(46)107-36-56(93)94)88-64(102)49(15-10-28-83-68(76)77)89-58(96)43-31-39(17-21-52(43)104-2)85-62(100)47(70)13-8-26-81-66(72)73/h5-7,12,17-24,31-35,47-51,80H,1,8-11,13-16,25-30,36,70H2,2-4H3,(H2,71,95)(H,85,100)(H,86,103)(H,87,101)(H,88,102)(H,89,96)(H,90,97)(H,91,99)(H,92,98)(H,93,94)(H4,72,73,81)(H4,74,75,82)(H4,76,77,83)(H4,78,79,84)/b7-5-,12-6-,38-35-/t47-,48-,49-,50-,51-/m0/s1. The van der Waals surface area contributed by atoms with Crippen LogP contribution in [0.2, 0.25) is 0 Å². The molecular formula is C69H93N23O15. The van der Waals surface area contributed by atoms with Crippen molar-refractivity contribution in [3.8, 4) is 23.0 Å². The number of rotatable bonds is 41. The maximum Gasteiger partial charge on any atom is 0.341 e. The summed E-state index contributed by atoms with van der Waals surface area (Å²) in [5.41, 5.74) is 34.1. The van der Waals surface area contributed by atoms with E-state index in [2.05, 4.69) is 75.7 Å². The molecule has 30 N–H and O–H groups in total. The molecule has 5 atom stereocenters. The van der Waals surface area contributed by atoms with Crippen molar-refractivity contribution < 1.29 is 72.0 Å². The lowest BCUT2D eigenvalue weighted by molar-refractivity contribution is -0.139. The van der Waals surface area contributed by atoms with Crippen LogP contribution in [0.15, 0.2) is 121 Å². The van der Waals surface area contributed by atoms with Gasteiger partial charge in [0.25, 0.3) is 23.6 Å². The Bertz CT molecular complexity index is 4050. The van der Waals surface area contributed by atoms with Gasteiger partial charge in [0.2, 0.25) is 29.5 Å². The third-order valence-electron chi connectivity index (χ3n) is 15.7. The maximum atomic E-state index is 14.6. The predicted molar refractivity (Wildman–Crippen MR) is 400 cm³/mol. The number of hydrogen-bond donors (Lipinski definition) is 24. The minimum atomic E-state index is -1.48. The molecule has 574 valence electrons. The van der Waals surface area contributed by atoms with Gasteiger partial charge in [0, 0.05) is 68.1 Å². The quantitative estimate of drug-likeness (QED) is 0.0156. The number of carboxylic acids is 1. The summed E-state index contributed by atoms with van der Waals surface area (Å²) >= 11 is 0. The summed E-state index contributed by atoms with van der Waals surface area (Å²) in [6, 6.07) is 9.36. The third-order valence-corrected chi connectivity index (χ3v) is 15.7. The number of benzene rings is 4. The number of primary amides is 1. The number of allylic oxidation sites excluding steroid dienone is 4. The minimum Gasteiger partial charge on any atom is -0.496 e. The van der Waals surface area contributed by atoms with Crippen LogP contribution in [-0.4, -0.2) is 179 Å². The molecular weight excluding hydrogens is 1390 g/mol. The molecule has 0 aromatic heterocycles. The van der Waals surface area contributed by atoms with Gasteiger partial charge in [-0.2, -0.15) is 0 Å². The highest BCUT2D eigenvalue weighted by Crippen LogP contribution is 2.29. The SMILES string of the molecule is C=C1/C=C\C=C/CN/C=C\1C[C@H](NC(=O)c1cc(NC(=O)[C@H](CCCNC(=N)N)NC(=O)c2cc(NC(=O)[C@H](CCCNC(=N)N)NC(=O)c3cc(NC(=O)[C@H](CCCNC(=N)N)NC(=O)c4cc(NC(=O)[C@@H](N)CCCNC(=N)N)ccc4OC)ccc3OCC(=O)O)ccc2OC)ccc1OC)C(N)=O. The van der Waals surface area contributed by atoms with Crippen LogP contribution < -0.4 is 122 Å². The summed E-state index contributed by atoms with van der Waals surface area (Å²) in [5, 5.41) is 74.7. The Labute approximate surface area is 615 Å². The Balaban J connectivity index is 1.41. The fraction of sp³-hybridized carbons (Fsp3) is 0.333. The number of hydrogen-bond acceptors (Lipinski definition) is 20. The van der Waals surface area contributed by atoms with Gasteiger partial charge in [-0.05, 0) is 135 Å². The second kappa shape index (κ2) is 42.9. The zero-order valence-electron chi connectivity index (χ0n) is 59.1. The zero-order valence-corrected chi connectivity index (χ0v) is 59.1. The van der Waals surface area contributed by atoms with E-state index in [-0.39, 0.29) is 151 Å². The largest absolute Gasteiger partial charge is 0.496 e. The van der Waals surface area contributed by atoms with E-state index in [0.717, 1.165) is 6.07 Å². The van der Waals surface area contributed by atoms with Crippen molar-refractivity contribution in [3.63, 3.8) is 0 Å². The van der Waals surface area contributed by atoms with Gasteiger partial charge < -0.3 is 128 Å². The Morgan fingerprint density at radius 2 is 0.822 bits per heavy atom. The molecule has 0 bridgehead atoms. The molecule has 0 radical (unpaired) electrons. The Morgan fingerprint density at radius 1 is 0.486 bits per heavy atom. The predicted octanol–water partition coefficient (Wildman–Crippen LogP) is -0.165. The first-order chi connectivity index (χ1) is 51.0. The molecule has 38 heteroatoms. The summed E-state index contributed by atoms with van der Waals surface area (Å²) in [7, 11) is 3.86. The molecule has 38 nitrogen and oxygen atoms in total. The molecule has 0 saturated heterocycles. The third kappa shape index (κ3) is 28.4. The number of methoxy groups -OCH3 is 3. The molecule has 0 saturated carbocycles. The number of carbonyl (C=O) groups excluding carboxylic acids is 9. The van der Waals surface area contributed by atoms with Gasteiger partial charge in [0.15, 0.2) is 30.4 Å². The van der Waals surface area contributed by atoms with Crippen LogP contribution >= 0.6 is 0 Å². The molecule has 9 amide bonds. The number of guanidine groups is 4. The topological polar surface area (TPSA) is 636 Å². The van der Waals surface area contributed by atoms with E-state index in [0.29, 0.717) is 30.7 Å². The number of ether oxygens (including phenoxy) is 4. The first-order valence-electron chi connectivity index (χ1n) is 33.3. The highest BCUT2D eigenvalue weighted by atomic mass is 16.5. The Morgan fingerprint density at radius 3 is 1.17 bits per heavy atom. The molecule has 107 heavy (non-hydrogen) atoms. The van der Waals surface area contributed by atoms with Crippen LogP contribution in [0.4, 0.5) is 22.7 Å². The smallest absolute Gasteiger partial charge is 0.341 e. The second-order valence-electron chi connectivity index (χ2n) is 23.7. The first-order valence-corrected chi connectivity index (χ1v) is 33.3. The van der Waals surface area contributed by atoms with Gasteiger partial charge in [-0.15, -0.1) is 0 Å². The van der Waals surface area contributed by atoms with Crippen molar-refractivity contribution in [2.75, 3.05) is 81.9 Å². The summed E-state index contributed by atoms with van der Waals surface area (Å²) in [5.74, 6) is -10.6. The average molecular weight is 1480 g/mol. The molecule has 1 heterocycles. The van der Waals surface area contributed by atoms with Crippen molar-refractivity contribution in [1.82, 2.24) is 47.9 Å². The fourth-order valence-corrected chi connectivity index (χ4v) is 10.3. The van der Waals surface area contributed by atoms with Crippen LogP contribution in [0.1, 0.15) is 99.2 Å². The van der Waals surface area contributed by atoms with E-state index in [1.165, 1.54) is 88.1 Å². The molecule has 1 aliphatic rings. The lowest BCUT2D eigenvalue weighted by atomic mass is 9.99. The minimum absolute atomic E-state index is 0.0299. The lowest BCUT2D eigenvalue weighted by Gasteiger charge is -2.22. The van der Waals surface area contributed by atoms with E-state index >= 15 is 0 Å². The molecule has 1 aliphatic heterocycles. The van der Waals surface area contributed by atoms with Crippen molar-refractivity contribution in [3.05, 3.63) is 143 Å². The number of carboxylic acid groups (broad SMARTS) is 1. The molecule has 0 aliphatic carbocycles. The Kier molecular flexibility index (Phi) is 33.7. The second-order valence-corrected chi connectivity index (χ2v) is 23.7. The monoisotopic (exact) mass is 1480 g/mol. The van der Waals surface area contributed by atoms with E-state index in [1.54, 1.807) is 18.4 Å². The van der Waals surface area contributed by atoms with Gasteiger partial charge in [-0.1, -0.05) is 30.9 Å². The summed E-state index contributed by atoms with van der Waals surface area (Å²) < 4.78 is 22.0. The van der Waals surface area contributed by atoms with E-state index in [4.69, 9.17) is 75.0 Å². The first kappa shape index (κ1) is 84.2. The van der Waals surface area contributed by atoms with Crippen molar-refractivity contribution in [2.45, 2.75) is 88.0 Å². The van der Waals surface area contributed by atoms with Crippen LogP contribution in [0.25, 0.3) is 0 Å².